The molecule has 1 aromatic heterocycles. The monoisotopic (exact) mass is 335 g/mol. The van der Waals surface area contributed by atoms with Crippen LogP contribution in [0, 0.1) is 19.8 Å². The number of hydrogen-bond donors (Lipinski definition) is 1. The summed E-state index contributed by atoms with van der Waals surface area (Å²) in [4.78, 5) is 0. The molecule has 2 aromatic rings. The first-order valence-corrected chi connectivity index (χ1v) is 7.79. The SMILES string of the molecule is Cc1cc(C)n(-c2ccc(Br)cc2CNCC(C)C)n1. The number of benzene rings is 1. The fraction of sp³-hybridized carbons (Fsp3) is 0.438. The van der Waals surface area contributed by atoms with Crippen molar-refractivity contribution < 1.29 is 0 Å². The lowest BCUT2D eigenvalue weighted by Gasteiger charge is -2.14. The van der Waals surface area contributed by atoms with Gasteiger partial charge in [-0.2, -0.15) is 5.10 Å². The van der Waals surface area contributed by atoms with E-state index in [1.807, 2.05) is 11.6 Å². The summed E-state index contributed by atoms with van der Waals surface area (Å²) in [5.74, 6) is 0.652. The molecule has 3 nitrogen and oxygen atoms in total. The molecule has 4 heteroatoms. The van der Waals surface area contributed by atoms with Crippen molar-refractivity contribution in [1.82, 2.24) is 15.1 Å². The number of halogens is 1. The number of hydrogen-bond acceptors (Lipinski definition) is 2. The van der Waals surface area contributed by atoms with Gasteiger partial charge in [0, 0.05) is 16.7 Å². The third kappa shape index (κ3) is 3.70. The number of nitrogens with one attached hydrogen (secondary N) is 1. The number of aromatic nitrogens is 2. The molecule has 0 aliphatic heterocycles. The third-order valence-corrected chi connectivity index (χ3v) is 3.64. The van der Waals surface area contributed by atoms with Gasteiger partial charge in [-0.05, 0) is 56.1 Å². The van der Waals surface area contributed by atoms with Crippen molar-refractivity contribution in [3.63, 3.8) is 0 Å². The van der Waals surface area contributed by atoms with Crippen molar-refractivity contribution in [2.24, 2.45) is 5.92 Å². The van der Waals surface area contributed by atoms with Gasteiger partial charge in [0.25, 0.3) is 0 Å². The number of nitrogens with zero attached hydrogens (tertiary/aromatic N) is 2. The Morgan fingerprint density at radius 1 is 1.25 bits per heavy atom. The van der Waals surface area contributed by atoms with Crippen LogP contribution in [0.25, 0.3) is 5.69 Å². The first kappa shape index (κ1) is 15.3. The minimum atomic E-state index is 0.652. The lowest BCUT2D eigenvalue weighted by molar-refractivity contribution is 0.551. The normalized spacial score (nSPS) is 11.3. The maximum atomic E-state index is 4.59. The van der Waals surface area contributed by atoms with E-state index in [1.54, 1.807) is 0 Å². The highest BCUT2D eigenvalue weighted by Gasteiger charge is 2.09. The molecule has 1 heterocycles. The molecule has 0 saturated heterocycles. The fourth-order valence-electron chi connectivity index (χ4n) is 2.27. The van der Waals surface area contributed by atoms with Gasteiger partial charge in [0.15, 0.2) is 0 Å². The molecule has 0 amide bonds. The van der Waals surface area contributed by atoms with Crippen LogP contribution in [0.3, 0.4) is 0 Å². The number of rotatable bonds is 5. The average molecular weight is 336 g/mol. The van der Waals surface area contributed by atoms with Gasteiger partial charge in [-0.3, -0.25) is 0 Å². The van der Waals surface area contributed by atoms with Crippen molar-refractivity contribution in [2.75, 3.05) is 6.54 Å². The van der Waals surface area contributed by atoms with E-state index in [9.17, 15) is 0 Å². The van der Waals surface area contributed by atoms with Gasteiger partial charge in [-0.1, -0.05) is 29.8 Å². The van der Waals surface area contributed by atoms with E-state index in [4.69, 9.17) is 0 Å². The highest BCUT2D eigenvalue weighted by Crippen LogP contribution is 2.21. The van der Waals surface area contributed by atoms with Gasteiger partial charge in [0.05, 0.1) is 11.4 Å². The Morgan fingerprint density at radius 3 is 2.60 bits per heavy atom. The van der Waals surface area contributed by atoms with Crippen LogP contribution in [0.15, 0.2) is 28.7 Å². The van der Waals surface area contributed by atoms with Crippen LogP contribution in [0.2, 0.25) is 0 Å². The summed E-state index contributed by atoms with van der Waals surface area (Å²) in [6.45, 7) is 10.4. The zero-order chi connectivity index (χ0) is 14.7. The van der Waals surface area contributed by atoms with Crippen molar-refractivity contribution >= 4 is 15.9 Å². The Morgan fingerprint density at radius 2 is 2.00 bits per heavy atom. The minimum Gasteiger partial charge on any atom is -0.312 e. The molecule has 108 valence electrons. The summed E-state index contributed by atoms with van der Waals surface area (Å²) in [5.41, 5.74) is 4.61. The molecule has 20 heavy (non-hydrogen) atoms. The molecule has 0 aliphatic rings. The second kappa shape index (κ2) is 6.55. The van der Waals surface area contributed by atoms with E-state index >= 15 is 0 Å². The lowest BCUT2D eigenvalue weighted by atomic mass is 10.1. The highest BCUT2D eigenvalue weighted by atomic mass is 79.9. The molecule has 0 unspecified atom stereocenters. The van der Waals surface area contributed by atoms with Crippen LogP contribution in [0.1, 0.15) is 30.8 Å². The van der Waals surface area contributed by atoms with Crippen LogP contribution >= 0.6 is 15.9 Å². The molecule has 1 N–H and O–H groups in total. The van der Waals surface area contributed by atoms with Crippen LogP contribution in [-0.4, -0.2) is 16.3 Å². The Hall–Kier alpha value is -1.13. The summed E-state index contributed by atoms with van der Waals surface area (Å²) in [7, 11) is 0. The summed E-state index contributed by atoms with van der Waals surface area (Å²) in [6, 6.07) is 8.46. The molecule has 2 rings (SSSR count). The Bertz CT molecular complexity index is 587. The largest absolute Gasteiger partial charge is 0.312 e. The Balaban J connectivity index is 2.30. The maximum Gasteiger partial charge on any atom is 0.0694 e. The number of aryl methyl sites for hydroxylation is 2. The molecule has 0 saturated carbocycles. The second-order valence-corrected chi connectivity index (χ2v) is 6.55. The molecule has 0 bridgehead atoms. The maximum absolute atomic E-state index is 4.59. The predicted molar refractivity (Wildman–Crippen MR) is 87.3 cm³/mol. The molecular formula is C16H22BrN3. The summed E-state index contributed by atoms with van der Waals surface area (Å²) >= 11 is 3.56. The van der Waals surface area contributed by atoms with Crippen molar-refractivity contribution in [1.29, 1.82) is 0 Å². The van der Waals surface area contributed by atoms with E-state index in [2.05, 4.69) is 71.4 Å². The molecule has 0 aliphatic carbocycles. The van der Waals surface area contributed by atoms with Crippen LogP contribution in [0.5, 0.6) is 0 Å². The zero-order valence-electron chi connectivity index (χ0n) is 12.6. The molecule has 1 aromatic carbocycles. The van der Waals surface area contributed by atoms with Crippen molar-refractivity contribution in [3.8, 4) is 5.69 Å². The predicted octanol–water partition coefficient (Wildman–Crippen LogP) is 4.00. The van der Waals surface area contributed by atoms with E-state index in [0.29, 0.717) is 5.92 Å². The average Bonchev–Trinajstić information content (AvgIpc) is 2.68. The first-order chi connectivity index (χ1) is 9.47. The smallest absolute Gasteiger partial charge is 0.0694 e. The standard InChI is InChI=1S/C16H22BrN3/c1-11(2)9-18-10-14-8-15(17)5-6-16(14)20-13(4)7-12(3)19-20/h5-8,11,18H,9-10H2,1-4H3. The molecular weight excluding hydrogens is 314 g/mol. The van der Waals surface area contributed by atoms with Gasteiger partial charge < -0.3 is 5.32 Å². The summed E-state index contributed by atoms with van der Waals surface area (Å²) < 4.78 is 3.12. The van der Waals surface area contributed by atoms with Gasteiger partial charge >= 0.3 is 0 Å². The summed E-state index contributed by atoms with van der Waals surface area (Å²) in [5, 5.41) is 8.09. The van der Waals surface area contributed by atoms with Crippen molar-refractivity contribution in [2.45, 2.75) is 34.2 Å². The van der Waals surface area contributed by atoms with Gasteiger partial charge in [0.2, 0.25) is 0 Å². The van der Waals surface area contributed by atoms with E-state index in [1.165, 1.54) is 5.56 Å². The van der Waals surface area contributed by atoms with E-state index in [-0.39, 0.29) is 0 Å². The second-order valence-electron chi connectivity index (χ2n) is 5.64. The zero-order valence-corrected chi connectivity index (χ0v) is 14.2. The van der Waals surface area contributed by atoms with E-state index < -0.39 is 0 Å². The third-order valence-electron chi connectivity index (χ3n) is 3.15. The molecule has 0 spiro atoms. The first-order valence-electron chi connectivity index (χ1n) is 7.00. The molecule has 0 radical (unpaired) electrons. The van der Waals surface area contributed by atoms with Gasteiger partial charge in [0.1, 0.15) is 0 Å². The summed E-state index contributed by atoms with van der Waals surface area (Å²) in [6.07, 6.45) is 0. The van der Waals surface area contributed by atoms with Crippen LogP contribution < -0.4 is 5.32 Å². The minimum absolute atomic E-state index is 0.652. The van der Waals surface area contributed by atoms with Gasteiger partial charge in [-0.25, -0.2) is 4.68 Å². The Labute approximate surface area is 129 Å². The van der Waals surface area contributed by atoms with Gasteiger partial charge in [-0.15, -0.1) is 0 Å². The lowest BCUT2D eigenvalue weighted by Crippen LogP contribution is -2.20. The molecule has 0 atom stereocenters. The topological polar surface area (TPSA) is 29.9 Å². The van der Waals surface area contributed by atoms with Crippen LogP contribution in [0.4, 0.5) is 0 Å². The Kier molecular flexibility index (Phi) is 5.00. The van der Waals surface area contributed by atoms with Crippen molar-refractivity contribution in [3.05, 3.63) is 45.7 Å². The van der Waals surface area contributed by atoms with E-state index in [0.717, 1.165) is 34.6 Å². The molecule has 0 fully saturated rings. The van der Waals surface area contributed by atoms with Crippen LogP contribution in [-0.2, 0) is 6.54 Å². The highest BCUT2D eigenvalue weighted by molar-refractivity contribution is 9.10. The quantitative estimate of drug-likeness (QED) is 0.894. The fourth-order valence-corrected chi connectivity index (χ4v) is 2.68.